The fourth-order valence-corrected chi connectivity index (χ4v) is 5.77. The van der Waals surface area contributed by atoms with Gasteiger partial charge in [0, 0.05) is 47.7 Å². The van der Waals surface area contributed by atoms with E-state index in [1.165, 1.54) is 0 Å². The number of methoxy groups -OCH3 is 2. The molecule has 0 saturated carbocycles. The minimum absolute atomic E-state index is 0.110. The average molecular weight is 581 g/mol. The maximum absolute atomic E-state index is 12.8. The molecule has 3 N–H and O–H groups in total. The SMILES string of the molecule is COc1cc(Nc2nc3ccccc3nc2N(c2cccc(NC(=O)CN3CCSC3)c2)S(=O)O)cc(OC)c1. The third kappa shape index (κ3) is 6.45. The van der Waals surface area contributed by atoms with Gasteiger partial charge in [-0.1, -0.05) is 18.2 Å². The van der Waals surface area contributed by atoms with E-state index in [0.29, 0.717) is 39.6 Å². The van der Waals surface area contributed by atoms with Crippen LogP contribution in [0, 0.1) is 0 Å². The average Bonchev–Trinajstić information content (AvgIpc) is 3.46. The van der Waals surface area contributed by atoms with Crippen molar-refractivity contribution in [2.45, 2.75) is 0 Å². The zero-order valence-corrected chi connectivity index (χ0v) is 23.5. The second kappa shape index (κ2) is 12.5. The summed E-state index contributed by atoms with van der Waals surface area (Å²) in [5, 5.41) is 6.10. The third-order valence-corrected chi connectivity index (χ3v) is 7.79. The molecule has 13 heteroatoms. The molecule has 40 heavy (non-hydrogen) atoms. The number of aromatic nitrogens is 2. The van der Waals surface area contributed by atoms with E-state index in [1.807, 2.05) is 12.1 Å². The molecule has 5 rings (SSSR count). The normalized spacial score (nSPS) is 14.1. The van der Waals surface area contributed by atoms with Crippen LogP contribution >= 0.6 is 11.8 Å². The van der Waals surface area contributed by atoms with E-state index in [0.717, 1.165) is 22.5 Å². The molecule has 1 aliphatic rings. The summed E-state index contributed by atoms with van der Waals surface area (Å²) in [6.45, 7) is 1.14. The van der Waals surface area contributed by atoms with Crippen LogP contribution in [0.25, 0.3) is 11.0 Å². The van der Waals surface area contributed by atoms with Crippen molar-refractivity contribution < 1.29 is 23.0 Å². The van der Waals surface area contributed by atoms with Crippen LogP contribution in [0.15, 0.2) is 66.7 Å². The van der Waals surface area contributed by atoms with Crippen molar-refractivity contribution >= 4 is 68.7 Å². The second-order valence-electron chi connectivity index (χ2n) is 8.82. The van der Waals surface area contributed by atoms with Crippen molar-refractivity contribution in [1.29, 1.82) is 0 Å². The van der Waals surface area contributed by atoms with Crippen LogP contribution in [0.3, 0.4) is 0 Å². The van der Waals surface area contributed by atoms with Crippen molar-refractivity contribution in [1.82, 2.24) is 14.9 Å². The zero-order valence-electron chi connectivity index (χ0n) is 21.9. The molecule has 0 radical (unpaired) electrons. The number of nitrogens with zero attached hydrogens (tertiary/aromatic N) is 4. The van der Waals surface area contributed by atoms with E-state index < -0.39 is 11.3 Å². The molecule has 1 saturated heterocycles. The van der Waals surface area contributed by atoms with Crippen LogP contribution < -0.4 is 24.4 Å². The Labute approximate surface area is 238 Å². The predicted molar refractivity (Wildman–Crippen MR) is 159 cm³/mol. The van der Waals surface area contributed by atoms with Crippen LogP contribution in [-0.4, -0.2) is 68.5 Å². The largest absolute Gasteiger partial charge is 0.497 e. The number of hydrogen-bond donors (Lipinski definition) is 3. The van der Waals surface area contributed by atoms with Crippen molar-refractivity contribution in [2.75, 3.05) is 53.9 Å². The van der Waals surface area contributed by atoms with Crippen molar-refractivity contribution in [3.05, 3.63) is 66.7 Å². The lowest BCUT2D eigenvalue weighted by Crippen LogP contribution is -2.31. The number of benzene rings is 3. The van der Waals surface area contributed by atoms with E-state index >= 15 is 0 Å². The summed E-state index contributed by atoms with van der Waals surface area (Å²) < 4.78 is 35.2. The van der Waals surface area contributed by atoms with E-state index in [2.05, 4.69) is 15.5 Å². The van der Waals surface area contributed by atoms with Gasteiger partial charge in [-0.15, -0.1) is 11.8 Å². The Balaban J connectivity index is 1.53. The smallest absolute Gasteiger partial charge is 0.268 e. The molecule has 1 amide bonds. The molecule has 1 aliphatic heterocycles. The van der Waals surface area contributed by atoms with Crippen molar-refractivity contribution in [3.63, 3.8) is 0 Å². The number of para-hydroxylation sites is 2. The molecule has 1 atom stereocenters. The first-order valence-electron chi connectivity index (χ1n) is 12.3. The van der Waals surface area contributed by atoms with Gasteiger partial charge in [-0.05, 0) is 30.3 Å². The minimum atomic E-state index is -2.54. The predicted octanol–water partition coefficient (Wildman–Crippen LogP) is 4.61. The van der Waals surface area contributed by atoms with Crippen LogP contribution in [0.4, 0.5) is 28.7 Å². The Bertz CT molecular complexity index is 1530. The summed E-state index contributed by atoms with van der Waals surface area (Å²) in [7, 11) is 3.10. The number of carbonyl (C=O) groups is 1. The number of ether oxygens (including phenoxy) is 2. The topological polar surface area (TPSA) is 129 Å². The monoisotopic (exact) mass is 580 g/mol. The number of hydrogen-bond acceptors (Lipinski definition) is 9. The standard InChI is InChI=1S/C27H28N6O5S2/c1-37-21-13-19(14-22(15-21)38-2)29-26-27(31-24-9-4-3-8-23(24)30-26)33(40(35)36)20-7-5-6-18(12-20)28-25(34)16-32-10-11-39-17-32/h3-9,12-15H,10-11,16-17H2,1-2H3,(H,28,34)(H,29,30)(H,35,36). The zero-order chi connectivity index (χ0) is 28.1. The number of carbonyl (C=O) groups excluding carboxylic acids is 1. The van der Waals surface area contributed by atoms with Gasteiger partial charge in [-0.25, -0.2) is 18.5 Å². The quantitative estimate of drug-likeness (QED) is 0.229. The second-order valence-corrected chi connectivity index (χ2v) is 10.7. The summed E-state index contributed by atoms with van der Waals surface area (Å²) in [6, 6.07) is 19.2. The highest BCUT2D eigenvalue weighted by atomic mass is 32.2. The minimum Gasteiger partial charge on any atom is -0.497 e. The van der Waals surface area contributed by atoms with Gasteiger partial charge in [0.25, 0.3) is 11.3 Å². The van der Waals surface area contributed by atoms with Crippen LogP contribution in [0.5, 0.6) is 11.5 Å². The van der Waals surface area contributed by atoms with E-state index in [4.69, 9.17) is 19.4 Å². The summed E-state index contributed by atoms with van der Waals surface area (Å²) in [5.41, 5.74) is 2.53. The molecule has 1 aromatic heterocycles. The van der Waals surface area contributed by atoms with Gasteiger partial charge >= 0.3 is 0 Å². The molecule has 3 aromatic carbocycles. The van der Waals surface area contributed by atoms with Crippen molar-refractivity contribution in [2.24, 2.45) is 0 Å². The Morgan fingerprint density at radius 1 is 1.02 bits per heavy atom. The molecule has 2 heterocycles. The lowest BCUT2D eigenvalue weighted by atomic mass is 10.2. The van der Waals surface area contributed by atoms with Gasteiger partial charge in [0.15, 0.2) is 11.6 Å². The van der Waals surface area contributed by atoms with Crippen molar-refractivity contribution in [3.8, 4) is 11.5 Å². The molecule has 0 spiro atoms. The summed E-state index contributed by atoms with van der Waals surface area (Å²) in [4.78, 5) is 24.1. The highest BCUT2D eigenvalue weighted by Crippen LogP contribution is 2.36. The number of amides is 1. The van der Waals surface area contributed by atoms with Crippen LogP contribution in [0.2, 0.25) is 0 Å². The van der Waals surface area contributed by atoms with Gasteiger partial charge in [-0.3, -0.25) is 14.2 Å². The summed E-state index contributed by atoms with van der Waals surface area (Å²) >= 11 is -0.746. The number of nitrogens with one attached hydrogen (secondary N) is 2. The van der Waals surface area contributed by atoms with Gasteiger partial charge in [0.1, 0.15) is 11.5 Å². The maximum Gasteiger partial charge on any atom is 0.268 e. The molecule has 1 unspecified atom stereocenters. The van der Waals surface area contributed by atoms with Gasteiger partial charge < -0.3 is 20.1 Å². The highest BCUT2D eigenvalue weighted by Gasteiger charge is 2.24. The van der Waals surface area contributed by atoms with E-state index in [9.17, 15) is 13.6 Å². The Morgan fingerprint density at radius 2 is 1.75 bits per heavy atom. The first-order chi connectivity index (χ1) is 19.4. The molecule has 4 aromatic rings. The third-order valence-electron chi connectivity index (χ3n) is 6.07. The number of anilines is 5. The molecule has 0 aliphatic carbocycles. The molecule has 11 nitrogen and oxygen atoms in total. The number of thioether (sulfide) groups is 1. The van der Waals surface area contributed by atoms with E-state index in [1.54, 1.807) is 80.6 Å². The Hall–Kier alpha value is -3.91. The van der Waals surface area contributed by atoms with Crippen LogP contribution in [-0.2, 0) is 16.1 Å². The summed E-state index contributed by atoms with van der Waals surface area (Å²) in [6.07, 6.45) is 0. The molecule has 0 bridgehead atoms. The fourth-order valence-electron chi connectivity index (χ4n) is 4.21. The lowest BCUT2D eigenvalue weighted by Gasteiger charge is -2.23. The molecule has 1 fully saturated rings. The fraction of sp³-hybridized carbons (Fsp3) is 0.222. The Kier molecular flexibility index (Phi) is 8.65. The van der Waals surface area contributed by atoms with Crippen LogP contribution in [0.1, 0.15) is 0 Å². The van der Waals surface area contributed by atoms with Gasteiger partial charge in [0.2, 0.25) is 5.91 Å². The first kappa shape index (κ1) is 27.6. The van der Waals surface area contributed by atoms with Gasteiger partial charge in [0.05, 0.1) is 37.5 Å². The first-order valence-corrected chi connectivity index (χ1v) is 14.5. The highest BCUT2D eigenvalue weighted by molar-refractivity contribution is 7.99. The maximum atomic E-state index is 12.8. The Morgan fingerprint density at radius 3 is 2.40 bits per heavy atom. The number of rotatable bonds is 10. The van der Waals surface area contributed by atoms with E-state index in [-0.39, 0.29) is 24.1 Å². The summed E-state index contributed by atoms with van der Waals surface area (Å²) in [5.74, 6) is 3.12. The number of fused-ring (bicyclic) bond motifs is 1. The lowest BCUT2D eigenvalue weighted by molar-refractivity contribution is -0.117. The molecular formula is C27H28N6O5S2. The molecule has 208 valence electrons. The molecular weight excluding hydrogens is 552 g/mol. The van der Waals surface area contributed by atoms with Gasteiger partial charge in [-0.2, -0.15) is 0 Å².